The first-order valence-electron chi connectivity index (χ1n) is 7.16. The second-order valence-corrected chi connectivity index (χ2v) is 6.10. The monoisotopic (exact) mass is 288 g/mol. The molecule has 0 unspecified atom stereocenters. The number of urea groups is 1. The van der Waals surface area contributed by atoms with E-state index in [0.717, 1.165) is 24.3 Å². The third-order valence-electron chi connectivity index (χ3n) is 4.16. The molecule has 21 heavy (non-hydrogen) atoms. The van der Waals surface area contributed by atoms with E-state index in [2.05, 4.69) is 16.3 Å². The number of carbonyl (C=O) groups is 2. The zero-order valence-electron chi connectivity index (χ0n) is 12.3. The van der Waals surface area contributed by atoms with Crippen LogP contribution in [0.2, 0.25) is 0 Å². The van der Waals surface area contributed by atoms with E-state index in [0.29, 0.717) is 13.1 Å². The zero-order chi connectivity index (χ0) is 15.2. The van der Waals surface area contributed by atoms with E-state index in [4.69, 9.17) is 5.73 Å². The second kappa shape index (κ2) is 4.65. The van der Waals surface area contributed by atoms with Crippen molar-refractivity contribution in [3.63, 3.8) is 0 Å². The summed E-state index contributed by atoms with van der Waals surface area (Å²) in [6, 6.07) is 5.60. The van der Waals surface area contributed by atoms with Crippen molar-refractivity contribution in [1.82, 2.24) is 10.2 Å². The number of anilines is 2. The lowest BCUT2D eigenvalue weighted by Crippen LogP contribution is -2.41. The number of nitrogen functional groups attached to an aromatic ring is 1. The number of hydrogen-bond acceptors (Lipinski definition) is 4. The first kappa shape index (κ1) is 13.7. The maximum absolute atomic E-state index is 12.2. The summed E-state index contributed by atoms with van der Waals surface area (Å²) < 4.78 is 0. The van der Waals surface area contributed by atoms with Crippen LogP contribution in [-0.2, 0) is 11.2 Å². The summed E-state index contributed by atoms with van der Waals surface area (Å²) >= 11 is 0. The van der Waals surface area contributed by atoms with E-state index in [1.165, 1.54) is 10.5 Å². The average molecular weight is 288 g/mol. The molecule has 0 aliphatic carbocycles. The number of fused-ring (bicyclic) bond motifs is 1. The third kappa shape index (κ3) is 2.20. The SMILES string of the molecule is CC1(C)NC(=O)N(CCN2CCc3cccc(N)c32)C1=O. The van der Waals surface area contributed by atoms with Gasteiger partial charge in [-0.1, -0.05) is 12.1 Å². The number of rotatable bonds is 3. The van der Waals surface area contributed by atoms with Gasteiger partial charge < -0.3 is 16.0 Å². The highest BCUT2D eigenvalue weighted by molar-refractivity contribution is 6.06. The molecule has 3 rings (SSSR count). The van der Waals surface area contributed by atoms with Crippen molar-refractivity contribution in [3.05, 3.63) is 23.8 Å². The lowest BCUT2D eigenvalue weighted by atomic mass is 10.1. The quantitative estimate of drug-likeness (QED) is 0.641. The Morgan fingerprint density at radius 1 is 1.29 bits per heavy atom. The number of imide groups is 1. The van der Waals surface area contributed by atoms with E-state index < -0.39 is 5.54 Å². The topological polar surface area (TPSA) is 78.7 Å². The maximum atomic E-state index is 12.2. The van der Waals surface area contributed by atoms with Crippen molar-refractivity contribution in [3.8, 4) is 0 Å². The minimum atomic E-state index is -0.807. The Hall–Kier alpha value is -2.24. The highest BCUT2D eigenvalue weighted by Crippen LogP contribution is 2.33. The predicted molar refractivity (Wildman–Crippen MR) is 81.1 cm³/mol. The second-order valence-electron chi connectivity index (χ2n) is 6.10. The van der Waals surface area contributed by atoms with Crippen LogP contribution in [0.1, 0.15) is 19.4 Å². The van der Waals surface area contributed by atoms with Crippen molar-refractivity contribution < 1.29 is 9.59 Å². The largest absolute Gasteiger partial charge is 0.397 e. The molecule has 3 N–H and O–H groups in total. The number of para-hydroxylation sites is 1. The van der Waals surface area contributed by atoms with Gasteiger partial charge in [0.25, 0.3) is 5.91 Å². The van der Waals surface area contributed by atoms with Gasteiger partial charge in [-0.05, 0) is 31.9 Å². The van der Waals surface area contributed by atoms with Gasteiger partial charge in [0.15, 0.2) is 0 Å². The standard InChI is InChI=1S/C15H20N4O2/c1-15(2)13(20)19(14(21)17-15)9-8-18-7-6-10-4-3-5-11(16)12(10)18/h3-5H,6-9,16H2,1-2H3,(H,17,21). The molecule has 0 bridgehead atoms. The lowest BCUT2D eigenvalue weighted by Gasteiger charge is -2.23. The Morgan fingerprint density at radius 3 is 2.71 bits per heavy atom. The summed E-state index contributed by atoms with van der Waals surface area (Å²) in [6.45, 7) is 5.29. The number of carbonyl (C=O) groups excluding carboxylic acids is 2. The van der Waals surface area contributed by atoms with Crippen molar-refractivity contribution in [2.45, 2.75) is 25.8 Å². The normalized spacial score (nSPS) is 19.9. The number of nitrogens with zero attached hydrogens (tertiary/aromatic N) is 2. The highest BCUT2D eigenvalue weighted by atomic mass is 16.2. The van der Waals surface area contributed by atoms with Crippen LogP contribution >= 0.6 is 0 Å². The highest BCUT2D eigenvalue weighted by Gasteiger charge is 2.44. The lowest BCUT2D eigenvalue weighted by molar-refractivity contribution is -0.130. The summed E-state index contributed by atoms with van der Waals surface area (Å²) in [4.78, 5) is 27.5. The van der Waals surface area contributed by atoms with Crippen molar-refractivity contribution in [1.29, 1.82) is 0 Å². The number of hydrogen-bond donors (Lipinski definition) is 2. The molecule has 1 aromatic carbocycles. The summed E-state index contributed by atoms with van der Waals surface area (Å²) in [5, 5.41) is 2.69. The van der Waals surface area contributed by atoms with Gasteiger partial charge in [-0.2, -0.15) is 0 Å². The van der Waals surface area contributed by atoms with Gasteiger partial charge in [-0.15, -0.1) is 0 Å². The Balaban J connectivity index is 1.71. The van der Waals surface area contributed by atoms with Gasteiger partial charge in [-0.3, -0.25) is 9.69 Å². The molecular formula is C15H20N4O2. The molecule has 112 valence electrons. The Kier molecular flexibility index (Phi) is 3.04. The van der Waals surface area contributed by atoms with E-state index in [-0.39, 0.29) is 11.9 Å². The van der Waals surface area contributed by atoms with Crippen LogP contribution in [0, 0.1) is 0 Å². The average Bonchev–Trinajstić information content (AvgIpc) is 2.90. The summed E-state index contributed by atoms with van der Waals surface area (Å²) in [5.74, 6) is -0.173. The van der Waals surface area contributed by atoms with Gasteiger partial charge in [0.05, 0.1) is 11.4 Å². The zero-order valence-corrected chi connectivity index (χ0v) is 12.3. The summed E-state index contributed by atoms with van der Waals surface area (Å²) in [6.07, 6.45) is 0.950. The van der Waals surface area contributed by atoms with Gasteiger partial charge in [0.2, 0.25) is 0 Å². The molecule has 1 aromatic rings. The van der Waals surface area contributed by atoms with Crippen LogP contribution in [0.4, 0.5) is 16.2 Å². The maximum Gasteiger partial charge on any atom is 0.325 e. The number of nitrogens with one attached hydrogen (secondary N) is 1. The molecule has 0 atom stereocenters. The minimum Gasteiger partial charge on any atom is -0.397 e. The predicted octanol–water partition coefficient (Wildman–Crippen LogP) is 0.962. The van der Waals surface area contributed by atoms with Gasteiger partial charge >= 0.3 is 6.03 Å². The van der Waals surface area contributed by atoms with Crippen LogP contribution in [0.3, 0.4) is 0 Å². The van der Waals surface area contributed by atoms with Crippen LogP contribution < -0.4 is 16.0 Å². The molecule has 0 saturated carbocycles. The first-order chi connectivity index (χ1) is 9.90. The van der Waals surface area contributed by atoms with Crippen LogP contribution in [0.15, 0.2) is 18.2 Å². The molecule has 0 aromatic heterocycles. The number of amides is 3. The Labute approximate surface area is 123 Å². The van der Waals surface area contributed by atoms with E-state index in [9.17, 15) is 9.59 Å². The molecular weight excluding hydrogens is 268 g/mol. The van der Waals surface area contributed by atoms with Crippen molar-refractivity contribution >= 4 is 23.3 Å². The fraction of sp³-hybridized carbons (Fsp3) is 0.467. The molecule has 6 heteroatoms. The fourth-order valence-corrected chi connectivity index (χ4v) is 3.03. The van der Waals surface area contributed by atoms with E-state index in [1.54, 1.807) is 13.8 Å². The van der Waals surface area contributed by atoms with E-state index in [1.807, 2.05) is 12.1 Å². The van der Waals surface area contributed by atoms with Crippen LogP contribution in [0.5, 0.6) is 0 Å². The smallest absolute Gasteiger partial charge is 0.325 e. The van der Waals surface area contributed by atoms with Crippen LogP contribution in [0.25, 0.3) is 0 Å². The minimum absolute atomic E-state index is 0.173. The molecule has 2 aliphatic heterocycles. The summed E-state index contributed by atoms with van der Waals surface area (Å²) in [5.41, 5.74) is 8.26. The molecule has 3 amide bonds. The number of benzene rings is 1. The van der Waals surface area contributed by atoms with Gasteiger partial charge in [0, 0.05) is 19.6 Å². The van der Waals surface area contributed by atoms with Crippen LogP contribution in [-0.4, -0.2) is 42.0 Å². The van der Waals surface area contributed by atoms with Gasteiger partial charge in [0.1, 0.15) is 5.54 Å². The van der Waals surface area contributed by atoms with Crippen molar-refractivity contribution in [2.75, 3.05) is 30.3 Å². The molecule has 0 spiro atoms. The third-order valence-corrected chi connectivity index (χ3v) is 4.16. The molecule has 2 heterocycles. The molecule has 2 aliphatic rings. The van der Waals surface area contributed by atoms with E-state index >= 15 is 0 Å². The number of nitrogens with two attached hydrogens (primary N) is 1. The Bertz CT molecular complexity index is 612. The Morgan fingerprint density at radius 2 is 2.05 bits per heavy atom. The molecule has 1 fully saturated rings. The molecule has 6 nitrogen and oxygen atoms in total. The first-order valence-corrected chi connectivity index (χ1v) is 7.16. The fourth-order valence-electron chi connectivity index (χ4n) is 3.03. The molecule has 1 saturated heterocycles. The van der Waals surface area contributed by atoms with Crippen molar-refractivity contribution in [2.24, 2.45) is 0 Å². The molecule has 0 radical (unpaired) electrons. The summed E-state index contributed by atoms with van der Waals surface area (Å²) in [7, 11) is 0. The van der Waals surface area contributed by atoms with Gasteiger partial charge in [-0.25, -0.2) is 4.79 Å².